The van der Waals surface area contributed by atoms with E-state index >= 15 is 0 Å². The summed E-state index contributed by atoms with van der Waals surface area (Å²) in [5.41, 5.74) is 5.82. The lowest BCUT2D eigenvalue weighted by atomic mass is 9.93. The molecule has 1 aliphatic carbocycles. The van der Waals surface area contributed by atoms with E-state index in [1.807, 2.05) is 6.92 Å². The molecule has 1 fully saturated rings. The minimum Gasteiger partial charge on any atom is -0.382 e. The average molecular weight is 268 g/mol. The van der Waals surface area contributed by atoms with E-state index < -0.39 is 0 Å². The van der Waals surface area contributed by atoms with Gasteiger partial charge in [0.15, 0.2) is 5.13 Å². The highest BCUT2D eigenvalue weighted by Crippen LogP contribution is 2.30. The molecule has 0 aromatic carbocycles. The highest BCUT2D eigenvalue weighted by atomic mass is 32.1. The van der Waals surface area contributed by atoms with Crippen molar-refractivity contribution in [2.45, 2.75) is 38.6 Å². The molecule has 0 saturated heterocycles. The van der Waals surface area contributed by atoms with Crippen LogP contribution in [0.25, 0.3) is 0 Å². The number of nitrogens with two attached hydrogens (primary N) is 1. The van der Waals surface area contributed by atoms with Gasteiger partial charge in [0, 0.05) is 19.6 Å². The number of thiazole rings is 1. The molecule has 1 aromatic rings. The number of rotatable bonds is 5. The molecule has 1 amide bonds. The van der Waals surface area contributed by atoms with Gasteiger partial charge in [-0.3, -0.25) is 4.79 Å². The normalized spacial score (nSPS) is 15.2. The van der Waals surface area contributed by atoms with Crippen LogP contribution in [0.5, 0.6) is 0 Å². The predicted octanol–water partition coefficient (Wildman–Crippen LogP) is 2.17. The molecule has 0 spiro atoms. The third-order valence-electron chi connectivity index (χ3n) is 3.19. The smallest absolute Gasteiger partial charge is 0.267 e. The molecule has 0 atom stereocenters. The molecule has 1 saturated carbocycles. The van der Waals surface area contributed by atoms with E-state index in [-0.39, 0.29) is 5.91 Å². The number of carbonyl (C=O) groups excluding carboxylic acids is 1. The Morgan fingerprint density at radius 1 is 1.61 bits per heavy atom. The van der Waals surface area contributed by atoms with Gasteiger partial charge in [-0.2, -0.15) is 0 Å². The minimum absolute atomic E-state index is 0.0338. The van der Waals surface area contributed by atoms with Gasteiger partial charge in [-0.25, -0.2) is 4.98 Å². The van der Waals surface area contributed by atoms with Crippen LogP contribution in [0.1, 0.15) is 42.3 Å². The van der Waals surface area contributed by atoms with E-state index in [1.165, 1.54) is 30.6 Å². The molecule has 5 nitrogen and oxygen atoms in total. The Morgan fingerprint density at radius 3 is 2.89 bits per heavy atom. The fourth-order valence-corrected chi connectivity index (χ4v) is 2.84. The number of nitrogen functional groups attached to an aromatic ring is 1. The second-order valence-electron chi connectivity index (χ2n) is 4.73. The first kappa shape index (κ1) is 13.1. The number of hydrogen-bond donors (Lipinski definition) is 2. The quantitative estimate of drug-likeness (QED) is 0.858. The number of aromatic nitrogens is 1. The van der Waals surface area contributed by atoms with Crippen LogP contribution < -0.4 is 11.1 Å². The lowest BCUT2D eigenvalue weighted by Crippen LogP contribution is -2.27. The fraction of sp³-hybridized carbons (Fsp3) is 0.667. The summed E-state index contributed by atoms with van der Waals surface area (Å²) in [6.45, 7) is 2.78. The summed E-state index contributed by atoms with van der Waals surface area (Å²) in [5, 5.41) is 4.09. The van der Waals surface area contributed by atoms with E-state index in [0.29, 0.717) is 16.7 Å². The van der Waals surface area contributed by atoms with Crippen molar-refractivity contribution in [1.82, 2.24) is 9.88 Å². The van der Waals surface area contributed by atoms with Crippen LogP contribution in [-0.4, -0.2) is 35.4 Å². The van der Waals surface area contributed by atoms with Crippen LogP contribution in [0, 0.1) is 0 Å². The van der Waals surface area contributed by atoms with Crippen LogP contribution in [0.15, 0.2) is 0 Å². The summed E-state index contributed by atoms with van der Waals surface area (Å²) in [6, 6.07) is 0.506. The largest absolute Gasteiger partial charge is 0.382 e. The Balaban J connectivity index is 2.05. The Hall–Kier alpha value is -1.30. The molecule has 100 valence electrons. The van der Waals surface area contributed by atoms with Crippen LogP contribution in [-0.2, 0) is 0 Å². The maximum atomic E-state index is 12.1. The molecule has 2 rings (SSSR count). The summed E-state index contributed by atoms with van der Waals surface area (Å²) < 4.78 is 0. The van der Waals surface area contributed by atoms with E-state index in [4.69, 9.17) is 5.73 Å². The lowest BCUT2D eigenvalue weighted by Gasteiger charge is -2.25. The molecule has 3 N–H and O–H groups in total. The summed E-state index contributed by atoms with van der Waals surface area (Å²) in [5.74, 6) is 0.309. The maximum absolute atomic E-state index is 12.1. The molecule has 0 unspecified atom stereocenters. The van der Waals surface area contributed by atoms with Crippen molar-refractivity contribution in [2.75, 3.05) is 24.6 Å². The van der Waals surface area contributed by atoms with Crippen LogP contribution in [0.3, 0.4) is 0 Å². The van der Waals surface area contributed by atoms with Gasteiger partial charge in [-0.1, -0.05) is 18.3 Å². The summed E-state index contributed by atoms with van der Waals surface area (Å²) in [7, 11) is 1.80. The molecular formula is C12H20N4OS. The second kappa shape index (κ2) is 5.56. The van der Waals surface area contributed by atoms with Crippen molar-refractivity contribution < 1.29 is 4.79 Å². The van der Waals surface area contributed by atoms with Gasteiger partial charge in [0.2, 0.25) is 0 Å². The first-order chi connectivity index (χ1) is 8.61. The summed E-state index contributed by atoms with van der Waals surface area (Å²) in [4.78, 5) is 18.6. The van der Waals surface area contributed by atoms with E-state index in [0.717, 1.165) is 18.1 Å². The van der Waals surface area contributed by atoms with Gasteiger partial charge >= 0.3 is 0 Å². The van der Waals surface area contributed by atoms with Crippen molar-refractivity contribution in [1.29, 1.82) is 0 Å². The number of hydrogen-bond acceptors (Lipinski definition) is 5. The third-order valence-corrected chi connectivity index (χ3v) is 4.18. The molecule has 1 heterocycles. The molecule has 6 heteroatoms. The maximum Gasteiger partial charge on any atom is 0.267 e. The van der Waals surface area contributed by atoms with E-state index in [9.17, 15) is 4.79 Å². The van der Waals surface area contributed by atoms with Gasteiger partial charge in [0.05, 0.1) is 0 Å². The van der Waals surface area contributed by atoms with Crippen molar-refractivity contribution >= 4 is 28.2 Å². The van der Waals surface area contributed by atoms with Crippen molar-refractivity contribution in [3.63, 3.8) is 0 Å². The Labute approximate surface area is 111 Å². The first-order valence-corrected chi connectivity index (χ1v) is 7.21. The number of anilines is 2. The Morgan fingerprint density at radius 2 is 2.33 bits per heavy atom. The molecule has 0 bridgehead atoms. The average Bonchev–Trinajstić information content (AvgIpc) is 2.64. The van der Waals surface area contributed by atoms with Gasteiger partial charge in [-0.05, 0) is 25.7 Å². The van der Waals surface area contributed by atoms with Crippen molar-refractivity contribution in [2.24, 2.45) is 0 Å². The SMILES string of the molecule is CCCN(C)C(=O)c1sc(NC2CCC2)nc1N. The Kier molecular flexibility index (Phi) is 4.06. The van der Waals surface area contributed by atoms with Crippen LogP contribution in [0.2, 0.25) is 0 Å². The van der Waals surface area contributed by atoms with E-state index in [2.05, 4.69) is 10.3 Å². The zero-order valence-corrected chi connectivity index (χ0v) is 11.7. The number of nitrogens with zero attached hydrogens (tertiary/aromatic N) is 2. The number of carbonyl (C=O) groups is 1. The molecule has 0 aliphatic heterocycles. The topological polar surface area (TPSA) is 71.2 Å². The number of amides is 1. The number of nitrogens with one attached hydrogen (secondary N) is 1. The first-order valence-electron chi connectivity index (χ1n) is 6.40. The monoisotopic (exact) mass is 268 g/mol. The van der Waals surface area contributed by atoms with E-state index in [1.54, 1.807) is 11.9 Å². The third kappa shape index (κ3) is 2.75. The fourth-order valence-electron chi connectivity index (χ4n) is 1.88. The van der Waals surface area contributed by atoms with Crippen molar-refractivity contribution in [3.8, 4) is 0 Å². The predicted molar refractivity (Wildman–Crippen MR) is 75.0 cm³/mol. The second-order valence-corrected chi connectivity index (χ2v) is 5.73. The summed E-state index contributed by atoms with van der Waals surface area (Å²) >= 11 is 1.36. The zero-order chi connectivity index (χ0) is 13.1. The Bertz CT molecular complexity index is 428. The standard InChI is InChI=1S/C12H20N4OS/c1-3-7-16(2)11(17)9-10(13)15-12(18-9)14-8-5-4-6-8/h8H,3-7,13H2,1-2H3,(H,14,15). The highest BCUT2D eigenvalue weighted by molar-refractivity contribution is 7.18. The molecule has 1 aromatic heterocycles. The van der Waals surface area contributed by atoms with Gasteiger partial charge in [0.1, 0.15) is 10.7 Å². The summed E-state index contributed by atoms with van der Waals surface area (Å²) in [6.07, 6.45) is 4.56. The molecular weight excluding hydrogens is 248 g/mol. The van der Waals surface area contributed by atoms with Crippen LogP contribution in [0.4, 0.5) is 10.9 Å². The lowest BCUT2D eigenvalue weighted by molar-refractivity contribution is 0.0800. The molecule has 0 radical (unpaired) electrons. The van der Waals surface area contributed by atoms with Gasteiger partial charge < -0.3 is 16.0 Å². The van der Waals surface area contributed by atoms with Gasteiger partial charge in [-0.15, -0.1) is 0 Å². The molecule has 1 aliphatic rings. The van der Waals surface area contributed by atoms with Crippen molar-refractivity contribution in [3.05, 3.63) is 4.88 Å². The van der Waals surface area contributed by atoms with Crippen LogP contribution >= 0.6 is 11.3 Å². The van der Waals surface area contributed by atoms with Gasteiger partial charge in [0.25, 0.3) is 5.91 Å². The minimum atomic E-state index is -0.0338. The highest BCUT2D eigenvalue weighted by Gasteiger charge is 2.22. The molecule has 18 heavy (non-hydrogen) atoms. The zero-order valence-electron chi connectivity index (χ0n) is 10.9.